The topological polar surface area (TPSA) is 76.2 Å². The number of benzene rings is 3. The molecule has 2 heterocycles. The van der Waals surface area contributed by atoms with E-state index in [1.807, 2.05) is 60.7 Å². The molecule has 10 heteroatoms. The molecule has 4 amide bonds. The Kier molecular flexibility index (Phi) is 7.56. The fraction of sp³-hybridized carbons (Fsp3) is 0.276. The lowest BCUT2D eigenvalue weighted by Gasteiger charge is -2.45. The summed E-state index contributed by atoms with van der Waals surface area (Å²) < 4.78 is 28.4. The first kappa shape index (κ1) is 26.3. The summed E-state index contributed by atoms with van der Waals surface area (Å²) in [6.45, 7) is 0.0764. The molecular formula is C29H29F2N5O3. The summed E-state index contributed by atoms with van der Waals surface area (Å²) in [5.41, 5.74) is 1.82. The van der Waals surface area contributed by atoms with E-state index >= 15 is 0 Å². The number of carbonyl (C=O) groups is 3. The number of piperazine rings is 1. The van der Waals surface area contributed by atoms with Gasteiger partial charge < -0.3 is 15.1 Å². The normalized spacial score (nSPS) is 19.3. The first-order valence-electron chi connectivity index (χ1n) is 12.7. The van der Waals surface area contributed by atoms with Gasteiger partial charge in [0.15, 0.2) is 0 Å². The average Bonchev–Trinajstić information content (AvgIpc) is 3.27. The van der Waals surface area contributed by atoms with Crippen molar-refractivity contribution in [1.82, 2.24) is 25.1 Å². The van der Waals surface area contributed by atoms with E-state index in [1.165, 1.54) is 14.8 Å². The summed E-state index contributed by atoms with van der Waals surface area (Å²) in [5.74, 6) is -1.87. The molecule has 3 aromatic carbocycles. The number of nitrogens with zero attached hydrogens (tertiary/aromatic N) is 4. The van der Waals surface area contributed by atoms with Gasteiger partial charge >= 0.3 is 6.03 Å². The van der Waals surface area contributed by atoms with E-state index in [9.17, 15) is 23.2 Å². The second-order valence-electron chi connectivity index (χ2n) is 9.71. The molecule has 0 bridgehead atoms. The van der Waals surface area contributed by atoms with Crippen LogP contribution in [0.5, 0.6) is 0 Å². The first-order valence-corrected chi connectivity index (χ1v) is 12.7. The van der Waals surface area contributed by atoms with Crippen molar-refractivity contribution < 1.29 is 23.2 Å². The van der Waals surface area contributed by atoms with Crippen LogP contribution < -0.4 is 5.32 Å². The molecule has 0 aromatic heterocycles. The van der Waals surface area contributed by atoms with Crippen LogP contribution in [0.15, 0.2) is 78.9 Å². The molecule has 0 unspecified atom stereocenters. The van der Waals surface area contributed by atoms with Crippen LogP contribution in [-0.4, -0.2) is 70.0 Å². The van der Waals surface area contributed by atoms with Crippen LogP contribution in [0.4, 0.5) is 13.6 Å². The third-order valence-electron chi connectivity index (χ3n) is 7.17. The molecule has 0 saturated carbocycles. The van der Waals surface area contributed by atoms with Gasteiger partial charge in [0, 0.05) is 32.1 Å². The van der Waals surface area contributed by atoms with Crippen LogP contribution in [0.2, 0.25) is 0 Å². The third-order valence-corrected chi connectivity index (χ3v) is 7.17. The predicted octanol–water partition coefficient (Wildman–Crippen LogP) is 3.15. The van der Waals surface area contributed by atoms with Gasteiger partial charge in [-0.1, -0.05) is 60.7 Å². The van der Waals surface area contributed by atoms with Crippen LogP contribution in [0.3, 0.4) is 0 Å². The van der Waals surface area contributed by atoms with Crippen LogP contribution in [0.1, 0.15) is 16.7 Å². The molecule has 2 saturated heterocycles. The Labute approximate surface area is 225 Å². The monoisotopic (exact) mass is 533 g/mol. The largest absolute Gasteiger partial charge is 0.333 e. The molecular weight excluding hydrogens is 504 g/mol. The van der Waals surface area contributed by atoms with E-state index in [2.05, 4.69) is 5.32 Å². The quantitative estimate of drug-likeness (QED) is 0.507. The summed E-state index contributed by atoms with van der Waals surface area (Å²) in [5, 5.41) is 5.82. The lowest BCUT2D eigenvalue weighted by atomic mass is 10.00. The fourth-order valence-corrected chi connectivity index (χ4v) is 5.16. The van der Waals surface area contributed by atoms with Crippen LogP contribution in [0.25, 0.3) is 0 Å². The number of halogens is 2. The molecule has 8 nitrogen and oxygen atoms in total. The van der Waals surface area contributed by atoms with Crippen molar-refractivity contribution in [3.05, 3.63) is 107 Å². The number of hydrogen-bond acceptors (Lipinski definition) is 4. The van der Waals surface area contributed by atoms with Gasteiger partial charge in [0.2, 0.25) is 11.8 Å². The number of nitrogens with one attached hydrogen (secondary N) is 1. The number of rotatable bonds is 7. The fourth-order valence-electron chi connectivity index (χ4n) is 5.16. The minimum absolute atomic E-state index is 0.0299. The predicted molar refractivity (Wildman–Crippen MR) is 139 cm³/mol. The second kappa shape index (κ2) is 11.2. The Morgan fingerprint density at radius 1 is 0.974 bits per heavy atom. The van der Waals surface area contributed by atoms with Gasteiger partial charge in [0.25, 0.3) is 0 Å². The highest BCUT2D eigenvalue weighted by molar-refractivity contribution is 5.91. The molecule has 39 heavy (non-hydrogen) atoms. The van der Waals surface area contributed by atoms with Crippen molar-refractivity contribution in [3.8, 4) is 0 Å². The van der Waals surface area contributed by atoms with Crippen molar-refractivity contribution in [2.75, 3.05) is 20.1 Å². The van der Waals surface area contributed by atoms with E-state index in [0.29, 0.717) is 6.54 Å². The maximum Gasteiger partial charge on any atom is 0.332 e. The summed E-state index contributed by atoms with van der Waals surface area (Å²) in [7, 11) is 1.57. The minimum Gasteiger partial charge on any atom is -0.333 e. The van der Waals surface area contributed by atoms with Crippen LogP contribution in [0, 0.1) is 11.6 Å². The van der Waals surface area contributed by atoms with E-state index in [-0.39, 0.29) is 43.4 Å². The molecule has 2 aliphatic rings. The number of hydrazine groups is 1. The highest BCUT2D eigenvalue weighted by Crippen LogP contribution is 2.30. The lowest BCUT2D eigenvalue weighted by Crippen LogP contribution is -2.65. The van der Waals surface area contributed by atoms with Crippen LogP contribution in [-0.2, 0) is 29.1 Å². The zero-order valence-corrected chi connectivity index (χ0v) is 21.5. The van der Waals surface area contributed by atoms with E-state index < -0.39 is 29.9 Å². The Balaban J connectivity index is 1.40. The number of urea groups is 1. The summed E-state index contributed by atoms with van der Waals surface area (Å²) in [6, 6.07) is 20.6. The van der Waals surface area contributed by atoms with Crippen LogP contribution >= 0.6 is 0 Å². The Hall–Kier alpha value is -4.31. The van der Waals surface area contributed by atoms with Gasteiger partial charge in [-0.2, -0.15) is 5.01 Å². The maximum absolute atomic E-state index is 14.5. The second-order valence-corrected chi connectivity index (χ2v) is 9.71. The Bertz CT molecular complexity index is 1360. The molecule has 2 atom stereocenters. The molecule has 202 valence electrons. The van der Waals surface area contributed by atoms with Gasteiger partial charge in [0.1, 0.15) is 23.8 Å². The number of fused-ring (bicyclic) bond motifs is 1. The van der Waals surface area contributed by atoms with Gasteiger partial charge in [-0.05, 0) is 29.3 Å². The van der Waals surface area contributed by atoms with Crippen molar-refractivity contribution in [1.29, 1.82) is 0 Å². The molecule has 5 rings (SSSR count). The molecule has 0 aliphatic carbocycles. The zero-order chi connectivity index (χ0) is 27.5. The number of carbonyl (C=O) groups excluding carboxylic acids is 3. The van der Waals surface area contributed by atoms with Crippen molar-refractivity contribution in [2.24, 2.45) is 0 Å². The van der Waals surface area contributed by atoms with Gasteiger partial charge in [-0.3, -0.25) is 14.6 Å². The Morgan fingerprint density at radius 3 is 2.33 bits per heavy atom. The van der Waals surface area contributed by atoms with Gasteiger partial charge in [-0.25, -0.2) is 13.6 Å². The van der Waals surface area contributed by atoms with E-state index in [4.69, 9.17) is 0 Å². The minimum atomic E-state index is -0.860. The van der Waals surface area contributed by atoms with Crippen molar-refractivity contribution in [3.63, 3.8) is 0 Å². The van der Waals surface area contributed by atoms with Crippen molar-refractivity contribution in [2.45, 2.75) is 31.7 Å². The lowest BCUT2D eigenvalue weighted by molar-refractivity contribution is -0.157. The third kappa shape index (κ3) is 5.61. The van der Waals surface area contributed by atoms with Crippen molar-refractivity contribution >= 4 is 17.8 Å². The highest BCUT2D eigenvalue weighted by atomic mass is 19.1. The Morgan fingerprint density at radius 2 is 1.64 bits per heavy atom. The molecule has 1 N–H and O–H groups in total. The highest BCUT2D eigenvalue weighted by Gasteiger charge is 2.51. The number of hydrogen-bond donors (Lipinski definition) is 1. The standard InChI is InChI=1S/C29H29F2N5O3/c1-33(29(39)32-16-21-10-6-3-7-11-21)35-19-27(37)36-25(14-20-8-4-2-5-9-20)28(38)34(18-26(35)36)17-22-15-23(30)12-13-24(22)31/h2-13,15,25-26H,14,16-19H2,1H3,(H,32,39)/t25-,26+/m0/s1. The number of amides is 4. The molecule has 3 aromatic rings. The summed E-state index contributed by atoms with van der Waals surface area (Å²) >= 11 is 0. The zero-order valence-electron chi connectivity index (χ0n) is 21.5. The molecule has 0 spiro atoms. The maximum atomic E-state index is 14.5. The molecule has 0 radical (unpaired) electrons. The molecule has 2 aliphatic heterocycles. The average molecular weight is 534 g/mol. The summed E-state index contributed by atoms with van der Waals surface area (Å²) in [6.07, 6.45) is -0.407. The van der Waals surface area contributed by atoms with Gasteiger partial charge in [-0.15, -0.1) is 0 Å². The van der Waals surface area contributed by atoms with Gasteiger partial charge in [0.05, 0.1) is 13.1 Å². The SMILES string of the molecule is CN(C(=O)NCc1ccccc1)N1CC(=O)N2[C@@H](Cc3ccccc3)C(=O)N(Cc3cc(F)ccc3F)C[C@@H]21. The van der Waals surface area contributed by atoms with E-state index in [0.717, 1.165) is 29.3 Å². The molecule has 2 fully saturated rings. The first-order chi connectivity index (χ1) is 18.8. The van der Waals surface area contributed by atoms with E-state index in [1.54, 1.807) is 12.1 Å². The smallest absolute Gasteiger partial charge is 0.332 e. The summed E-state index contributed by atoms with van der Waals surface area (Å²) in [4.78, 5) is 43.0.